The number of nitrogens with zero attached hydrogens (tertiary/aromatic N) is 2. The largest absolute Gasteiger partial charge is 0.444 e. The maximum Gasteiger partial charge on any atom is 0.410 e. The molecule has 27 heavy (non-hydrogen) atoms. The molecule has 0 unspecified atom stereocenters. The van der Waals surface area contributed by atoms with E-state index in [1.165, 1.54) is 23.2 Å². The summed E-state index contributed by atoms with van der Waals surface area (Å²) in [5.41, 5.74) is -2.17. The van der Waals surface area contributed by atoms with E-state index in [-0.39, 0.29) is 31.6 Å². The predicted molar refractivity (Wildman–Crippen MR) is 94.7 cm³/mol. The molecule has 9 heteroatoms. The van der Waals surface area contributed by atoms with Crippen molar-refractivity contribution < 1.29 is 27.8 Å². The third kappa shape index (κ3) is 6.24. The number of aromatic nitrogens is 1. The first-order valence-electron chi connectivity index (χ1n) is 8.68. The van der Waals surface area contributed by atoms with E-state index in [1.807, 2.05) is 0 Å². The van der Waals surface area contributed by atoms with Crippen molar-refractivity contribution in [3.63, 3.8) is 0 Å². The summed E-state index contributed by atoms with van der Waals surface area (Å²) >= 11 is 5.77. The molecular formula is C18H24ClF3N2O3. The van der Waals surface area contributed by atoms with Crippen molar-refractivity contribution in [2.75, 3.05) is 13.1 Å². The first kappa shape index (κ1) is 21.8. The van der Waals surface area contributed by atoms with E-state index in [4.69, 9.17) is 16.3 Å². The van der Waals surface area contributed by atoms with Crippen LogP contribution in [0.5, 0.6) is 0 Å². The monoisotopic (exact) mass is 408 g/mol. The van der Waals surface area contributed by atoms with Gasteiger partial charge in [-0.15, -0.1) is 0 Å². The van der Waals surface area contributed by atoms with Crippen LogP contribution in [0.4, 0.5) is 18.0 Å². The topological polar surface area (TPSA) is 62.7 Å². The van der Waals surface area contributed by atoms with Crippen LogP contribution in [0.1, 0.15) is 51.6 Å². The molecule has 2 rings (SSSR count). The van der Waals surface area contributed by atoms with Gasteiger partial charge in [-0.1, -0.05) is 11.6 Å². The summed E-state index contributed by atoms with van der Waals surface area (Å²) in [5, 5.41) is 11.3. The molecule has 0 radical (unpaired) electrons. The Labute approximate surface area is 161 Å². The molecule has 1 aromatic rings. The molecule has 0 aliphatic carbocycles. The van der Waals surface area contributed by atoms with Gasteiger partial charge in [0.15, 0.2) is 0 Å². The number of aliphatic hydroxyl groups is 1. The van der Waals surface area contributed by atoms with Gasteiger partial charge in [0.2, 0.25) is 0 Å². The fraction of sp³-hybridized carbons (Fsp3) is 0.667. The summed E-state index contributed by atoms with van der Waals surface area (Å²) in [4.78, 5) is 17.5. The van der Waals surface area contributed by atoms with Gasteiger partial charge in [0.05, 0.1) is 17.0 Å². The van der Waals surface area contributed by atoms with Crippen LogP contribution < -0.4 is 0 Å². The van der Waals surface area contributed by atoms with E-state index in [9.17, 15) is 23.1 Å². The highest BCUT2D eigenvalue weighted by Crippen LogP contribution is 2.43. The highest BCUT2D eigenvalue weighted by Gasteiger charge is 2.47. The van der Waals surface area contributed by atoms with E-state index < -0.39 is 35.8 Å². The molecule has 0 bridgehead atoms. The average Bonchev–Trinajstić information content (AvgIpc) is 2.52. The Hall–Kier alpha value is -1.54. The SMILES string of the molecule is CC(C)(C)OC(=O)N1CCC(O)([C@@H](CC(F)(F)F)c2ccc(Cl)cn2)CC1. The molecule has 1 atom stereocenters. The average molecular weight is 409 g/mol. The molecular weight excluding hydrogens is 385 g/mol. The Morgan fingerprint density at radius 1 is 1.33 bits per heavy atom. The lowest BCUT2D eigenvalue weighted by Crippen LogP contribution is -2.51. The van der Waals surface area contributed by atoms with Gasteiger partial charge in [-0.3, -0.25) is 4.98 Å². The molecule has 152 valence electrons. The number of carbonyl (C=O) groups is 1. The molecule has 1 N–H and O–H groups in total. The predicted octanol–water partition coefficient (Wildman–Crippen LogP) is 4.53. The quantitative estimate of drug-likeness (QED) is 0.798. The third-order valence-corrected chi connectivity index (χ3v) is 4.70. The molecule has 1 aliphatic heterocycles. The molecule has 0 saturated carbocycles. The number of alkyl halides is 3. The third-order valence-electron chi connectivity index (χ3n) is 4.47. The molecule has 1 aliphatic rings. The summed E-state index contributed by atoms with van der Waals surface area (Å²) in [5.74, 6) is -1.24. The summed E-state index contributed by atoms with van der Waals surface area (Å²) in [6.07, 6.45) is -4.95. The molecule has 2 heterocycles. The lowest BCUT2D eigenvalue weighted by atomic mass is 9.75. The van der Waals surface area contributed by atoms with E-state index in [0.717, 1.165) is 0 Å². The molecule has 0 aromatic carbocycles. The van der Waals surface area contributed by atoms with E-state index in [0.29, 0.717) is 5.02 Å². The minimum Gasteiger partial charge on any atom is -0.444 e. The van der Waals surface area contributed by atoms with Gasteiger partial charge >= 0.3 is 12.3 Å². The zero-order valence-corrected chi connectivity index (χ0v) is 16.3. The van der Waals surface area contributed by atoms with Crippen LogP contribution in [0.15, 0.2) is 18.3 Å². The highest BCUT2D eigenvalue weighted by atomic mass is 35.5. The van der Waals surface area contributed by atoms with Crippen LogP contribution in [0.2, 0.25) is 5.02 Å². The Morgan fingerprint density at radius 3 is 2.37 bits per heavy atom. The van der Waals surface area contributed by atoms with E-state index in [1.54, 1.807) is 20.8 Å². The zero-order valence-electron chi connectivity index (χ0n) is 15.5. The van der Waals surface area contributed by atoms with E-state index in [2.05, 4.69) is 4.98 Å². The number of halogens is 4. The number of pyridine rings is 1. The summed E-state index contributed by atoms with van der Waals surface area (Å²) in [6, 6.07) is 2.85. The second-order valence-electron chi connectivity index (χ2n) is 7.84. The summed E-state index contributed by atoms with van der Waals surface area (Å²) in [6.45, 7) is 5.41. The van der Waals surface area contributed by atoms with Crippen molar-refractivity contribution in [1.29, 1.82) is 0 Å². The smallest absolute Gasteiger partial charge is 0.410 e. The van der Waals surface area contributed by atoms with Crippen molar-refractivity contribution in [2.45, 2.75) is 63.3 Å². The van der Waals surface area contributed by atoms with Crippen LogP contribution in [0.3, 0.4) is 0 Å². The summed E-state index contributed by atoms with van der Waals surface area (Å²) < 4.78 is 44.7. The van der Waals surface area contributed by atoms with Crippen LogP contribution in [0, 0.1) is 0 Å². The fourth-order valence-electron chi connectivity index (χ4n) is 3.15. The van der Waals surface area contributed by atoms with Gasteiger partial charge in [-0.2, -0.15) is 13.2 Å². The van der Waals surface area contributed by atoms with Gasteiger partial charge in [-0.05, 0) is 45.7 Å². The van der Waals surface area contributed by atoms with Crippen molar-refractivity contribution in [3.05, 3.63) is 29.0 Å². The Kier molecular flexibility index (Phi) is 6.31. The first-order chi connectivity index (χ1) is 12.3. The molecule has 5 nitrogen and oxygen atoms in total. The molecule has 1 fully saturated rings. The maximum absolute atomic E-state index is 13.1. The van der Waals surface area contributed by atoms with Crippen molar-refractivity contribution >= 4 is 17.7 Å². The number of piperidine rings is 1. The number of hydrogen-bond donors (Lipinski definition) is 1. The standard InChI is InChI=1S/C18H24ClF3N2O3/c1-16(2,3)27-15(25)24-8-6-17(26,7-9-24)13(10-18(20,21)22)14-5-4-12(19)11-23-14/h4-5,11,13,26H,6-10H2,1-3H3/t13-/m0/s1. The van der Waals surface area contributed by atoms with Gasteiger partial charge in [-0.25, -0.2) is 4.79 Å². The van der Waals surface area contributed by atoms with Crippen molar-refractivity contribution in [2.24, 2.45) is 0 Å². The number of hydrogen-bond acceptors (Lipinski definition) is 4. The van der Waals surface area contributed by atoms with Gasteiger partial charge in [0.1, 0.15) is 5.60 Å². The van der Waals surface area contributed by atoms with Crippen molar-refractivity contribution in [3.8, 4) is 0 Å². The Balaban J connectivity index is 2.16. The second-order valence-corrected chi connectivity index (χ2v) is 8.28. The Bertz CT molecular complexity index is 651. The lowest BCUT2D eigenvalue weighted by Gasteiger charge is -2.43. The molecule has 1 saturated heterocycles. The Morgan fingerprint density at radius 2 is 1.93 bits per heavy atom. The minimum atomic E-state index is -4.47. The molecule has 0 spiro atoms. The van der Waals surface area contributed by atoms with Crippen LogP contribution in [-0.2, 0) is 4.74 Å². The van der Waals surface area contributed by atoms with Gasteiger partial charge in [0, 0.05) is 30.9 Å². The van der Waals surface area contributed by atoms with Crippen LogP contribution >= 0.6 is 11.6 Å². The van der Waals surface area contributed by atoms with Crippen LogP contribution in [-0.4, -0.2) is 51.6 Å². The lowest BCUT2D eigenvalue weighted by molar-refractivity contribution is -0.158. The number of rotatable bonds is 3. The second kappa shape index (κ2) is 7.83. The normalized spacial score (nSPS) is 18.9. The number of carbonyl (C=O) groups excluding carboxylic acids is 1. The summed E-state index contributed by atoms with van der Waals surface area (Å²) in [7, 11) is 0. The molecule has 1 amide bonds. The number of amides is 1. The number of likely N-dealkylation sites (tertiary alicyclic amines) is 1. The first-order valence-corrected chi connectivity index (χ1v) is 9.05. The number of ether oxygens (including phenoxy) is 1. The van der Waals surface area contributed by atoms with Crippen LogP contribution in [0.25, 0.3) is 0 Å². The van der Waals surface area contributed by atoms with Crippen molar-refractivity contribution in [1.82, 2.24) is 9.88 Å². The molecule has 1 aromatic heterocycles. The highest BCUT2D eigenvalue weighted by molar-refractivity contribution is 6.30. The zero-order chi connectivity index (χ0) is 20.5. The minimum absolute atomic E-state index is 0.00268. The fourth-order valence-corrected chi connectivity index (χ4v) is 3.26. The maximum atomic E-state index is 13.1. The van der Waals surface area contributed by atoms with Gasteiger partial charge < -0.3 is 14.7 Å². The van der Waals surface area contributed by atoms with E-state index >= 15 is 0 Å². The van der Waals surface area contributed by atoms with Gasteiger partial charge in [0.25, 0.3) is 0 Å².